The maximum Gasteiger partial charge on any atom is 0.217 e. The third-order valence-electron chi connectivity index (χ3n) is 18.2. The van der Waals surface area contributed by atoms with Crippen molar-refractivity contribution >= 4 is 5.91 Å². The molecule has 3 aliphatic rings. The van der Waals surface area contributed by atoms with Gasteiger partial charge in [0.25, 0.3) is 0 Å². The van der Waals surface area contributed by atoms with Gasteiger partial charge < -0.3 is 76.7 Å². The van der Waals surface area contributed by atoms with Crippen LogP contribution in [0.2, 0.25) is 0 Å². The summed E-state index contributed by atoms with van der Waals surface area (Å²) in [6.45, 7) is 5.48. The SMILES string of the molecule is CCCCCCCCO[C@H]1O[C@H](COCc2ccccc2)[C@@H](OCc2ccccc2)[C@H](OCc2ccccc2)[C@@H]1O[C@@H]1O[C@H](COCc2ccccc2)[C@@H](O[C@@H]2O[C@H](COCc3ccccc3)[C@H](OCc3ccccc3)[C@H](OCc3ccccc3)[C@H]2O)[C@H](OCc2ccccc2)[C@H]1NC(C)=O. The van der Waals surface area contributed by atoms with Crippen LogP contribution >= 0.6 is 0 Å². The number of carbonyl (C=O) groups excluding carboxylic acids is 1. The minimum atomic E-state index is -1.50. The van der Waals surface area contributed by atoms with Gasteiger partial charge in [-0.05, 0) is 50.9 Å². The molecule has 17 heteroatoms. The molecule has 536 valence electrons. The molecule has 0 aliphatic carbocycles. The highest BCUT2D eigenvalue weighted by molar-refractivity contribution is 5.73. The molecule has 8 aromatic carbocycles. The van der Waals surface area contributed by atoms with E-state index in [1.165, 1.54) is 6.92 Å². The molecule has 0 saturated carbocycles. The van der Waals surface area contributed by atoms with E-state index in [9.17, 15) is 9.90 Å². The van der Waals surface area contributed by atoms with Crippen molar-refractivity contribution in [2.75, 3.05) is 26.4 Å². The average molecular weight is 1380 g/mol. The Morgan fingerprint density at radius 3 is 1.04 bits per heavy atom. The number of unbranched alkanes of at least 4 members (excludes halogenated alkanes) is 5. The highest BCUT2D eigenvalue weighted by atomic mass is 16.8. The zero-order valence-electron chi connectivity index (χ0n) is 58.1. The van der Waals surface area contributed by atoms with Crippen LogP contribution in [0.15, 0.2) is 243 Å². The van der Waals surface area contributed by atoms with Gasteiger partial charge in [-0.25, -0.2) is 0 Å². The number of aliphatic hydroxyl groups excluding tert-OH is 1. The number of carbonyl (C=O) groups is 1. The van der Waals surface area contributed by atoms with Gasteiger partial charge in [0, 0.05) is 13.5 Å². The monoisotopic (exact) mass is 1380 g/mol. The Morgan fingerprint density at radius 2 is 0.644 bits per heavy atom. The van der Waals surface area contributed by atoms with Crippen LogP contribution in [0.4, 0.5) is 0 Å². The lowest BCUT2D eigenvalue weighted by molar-refractivity contribution is -0.382. The molecule has 3 heterocycles. The van der Waals surface area contributed by atoms with E-state index < -0.39 is 98.0 Å². The first-order chi connectivity index (χ1) is 49.8. The van der Waals surface area contributed by atoms with Gasteiger partial charge in [0.15, 0.2) is 18.9 Å². The van der Waals surface area contributed by atoms with Gasteiger partial charge in [-0.1, -0.05) is 282 Å². The largest absolute Gasteiger partial charge is 0.385 e. The van der Waals surface area contributed by atoms with Crippen LogP contribution in [0.1, 0.15) is 96.9 Å². The van der Waals surface area contributed by atoms with Crippen molar-refractivity contribution in [1.82, 2.24) is 5.32 Å². The first-order valence-electron chi connectivity index (χ1n) is 35.8. The van der Waals surface area contributed by atoms with Crippen LogP contribution in [-0.4, -0.2) is 129 Å². The molecule has 0 aromatic heterocycles. The summed E-state index contributed by atoms with van der Waals surface area (Å²) in [6, 6.07) is 77.7. The van der Waals surface area contributed by atoms with Crippen molar-refractivity contribution in [2.45, 2.75) is 197 Å². The topological polar surface area (TPSA) is 179 Å². The number of hydrogen-bond acceptors (Lipinski definition) is 16. The van der Waals surface area contributed by atoms with Gasteiger partial charge in [0.1, 0.15) is 73.2 Å². The predicted molar refractivity (Wildman–Crippen MR) is 382 cm³/mol. The second-order valence-corrected chi connectivity index (χ2v) is 26.0. The average Bonchev–Trinajstić information content (AvgIpc) is 0.767. The van der Waals surface area contributed by atoms with Crippen molar-refractivity contribution in [3.63, 3.8) is 0 Å². The van der Waals surface area contributed by atoms with Crippen molar-refractivity contribution < 1.29 is 76.2 Å². The summed E-state index contributed by atoms with van der Waals surface area (Å²) in [5.41, 5.74) is 7.34. The normalized spacial score (nSPS) is 25.2. The fraction of sp³-hybridized carbons (Fsp3) is 0.417. The molecule has 11 rings (SSSR count). The van der Waals surface area contributed by atoms with Crippen molar-refractivity contribution in [3.8, 4) is 0 Å². The van der Waals surface area contributed by atoms with Crippen molar-refractivity contribution in [2.24, 2.45) is 0 Å². The lowest BCUT2D eigenvalue weighted by Crippen LogP contribution is -2.70. The second-order valence-electron chi connectivity index (χ2n) is 26.0. The van der Waals surface area contributed by atoms with Crippen LogP contribution in [0.25, 0.3) is 0 Å². The van der Waals surface area contributed by atoms with Gasteiger partial charge in [-0.15, -0.1) is 0 Å². The van der Waals surface area contributed by atoms with Gasteiger partial charge in [0.2, 0.25) is 5.91 Å². The van der Waals surface area contributed by atoms with Gasteiger partial charge in [0.05, 0.1) is 72.7 Å². The molecule has 17 nitrogen and oxygen atoms in total. The summed E-state index contributed by atoms with van der Waals surface area (Å²) < 4.78 is 98.8. The standard InChI is InChI=1S/C84H99NO16/c1-3-4-5-6-7-32-49-91-84-81(80(96-57-69-47-30-15-31-48-69)76(93-54-66-41-24-12-25-42-66)71(99-84)59-89-51-63-35-18-9-19-36-63)101-82-73(85-61(2)86)78(94-55-67-43-26-13-27-44-67)77(72(97-82)60-90-52-64-37-20-10-21-38-64)100-83-74(87)79(95-56-68-45-28-14-29-46-68)75(92-53-65-39-22-11-23-40-65)70(98-83)58-88-50-62-33-16-8-17-34-62/h8-31,33-48,70-84,87H,3-7,32,49-60H2,1-2H3,(H,85,86)/t70-,71-,72-,73-,74-,75+,76-,77-,78-,79-,80+,81+,82+,83+,84+/m1/s1. The fourth-order valence-corrected chi connectivity index (χ4v) is 12.9. The van der Waals surface area contributed by atoms with E-state index >= 15 is 0 Å². The number of benzene rings is 8. The number of rotatable bonds is 40. The Morgan fingerprint density at radius 1 is 0.337 bits per heavy atom. The molecule has 0 unspecified atom stereocenters. The summed E-state index contributed by atoms with van der Waals surface area (Å²) in [4.78, 5) is 14.2. The first kappa shape index (κ1) is 74.8. The minimum absolute atomic E-state index is 0.0183. The molecular formula is C84H99NO16. The van der Waals surface area contributed by atoms with Gasteiger partial charge >= 0.3 is 0 Å². The molecule has 0 spiro atoms. The maximum atomic E-state index is 14.2. The number of amides is 1. The summed E-state index contributed by atoms with van der Waals surface area (Å²) in [7, 11) is 0. The zero-order valence-corrected chi connectivity index (χ0v) is 58.1. The number of aliphatic hydroxyl groups is 1. The van der Waals surface area contributed by atoms with Crippen LogP contribution in [0, 0.1) is 0 Å². The van der Waals surface area contributed by atoms with Crippen LogP contribution in [-0.2, 0) is 124 Å². The molecule has 1 amide bonds. The molecule has 3 saturated heterocycles. The Kier molecular flexibility index (Phi) is 30.4. The van der Waals surface area contributed by atoms with E-state index in [-0.39, 0.29) is 66.1 Å². The molecule has 0 bridgehead atoms. The predicted octanol–water partition coefficient (Wildman–Crippen LogP) is 13.8. The molecular weight excluding hydrogens is 1280 g/mol. The summed E-state index contributed by atoms with van der Waals surface area (Å²) >= 11 is 0. The molecule has 3 aliphatic heterocycles. The van der Waals surface area contributed by atoms with E-state index in [0.717, 1.165) is 83.0 Å². The number of hydrogen-bond donors (Lipinski definition) is 2. The Hall–Kier alpha value is -7.37. The van der Waals surface area contributed by atoms with E-state index in [4.69, 9.17) is 66.3 Å². The van der Waals surface area contributed by atoms with E-state index in [1.807, 2.05) is 243 Å². The maximum absolute atomic E-state index is 14.2. The van der Waals surface area contributed by atoms with Gasteiger partial charge in [-0.2, -0.15) is 0 Å². The summed E-state index contributed by atoms with van der Waals surface area (Å²) in [6.07, 6.45) is -9.08. The fourth-order valence-electron chi connectivity index (χ4n) is 12.9. The van der Waals surface area contributed by atoms with Crippen LogP contribution < -0.4 is 5.32 Å². The Bertz CT molecular complexity index is 3520. The second kappa shape index (κ2) is 41.1. The minimum Gasteiger partial charge on any atom is -0.385 e. The summed E-state index contributed by atoms with van der Waals surface area (Å²) in [5, 5.41) is 16.4. The van der Waals surface area contributed by atoms with Crippen LogP contribution in [0.3, 0.4) is 0 Å². The third kappa shape index (κ3) is 23.3. The van der Waals surface area contributed by atoms with E-state index in [0.29, 0.717) is 13.2 Å². The molecule has 3 fully saturated rings. The van der Waals surface area contributed by atoms with Crippen molar-refractivity contribution in [3.05, 3.63) is 287 Å². The van der Waals surface area contributed by atoms with E-state index in [1.54, 1.807) is 0 Å². The highest BCUT2D eigenvalue weighted by Crippen LogP contribution is 2.38. The molecule has 0 radical (unpaired) electrons. The summed E-state index contributed by atoms with van der Waals surface area (Å²) in [5.74, 6) is -0.414. The third-order valence-corrected chi connectivity index (χ3v) is 18.2. The molecule has 15 atom stereocenters. The lowest BCUT2D eigenvalue weighted by Gasteiger charge is -2.51. The molecule has 101 heavy (non-hydrogen) atoms. The first-order valence-corrected chi connectivity index (χ1v) is 35.8. The lowest BCUT2D eigenvalue weighted by atomic mass is 9.94. The van der Waals surface area contributed by atoms with E-state index in [2.05, 4.69) is 12.2 Å². The molecule has 2 N–H and O–H groups in total. The van der Waals surface area contributed by atoms with Crippen molar-refractivity contribution in [1.29, 1.82) is 0 Å². The smallest absolute Gasteiger partial charge is 0.217 e. The number of ether oxygens (including phenoxy) is 14. The van der Waals surface area contributed by atoms with Crippen LogP contribution in [0.5, 0.6) is 0 Å². The Balaban J connectivity index is 0.986. The Labute approximate surface area is 595 Å². The molecule has 8 aromatic rings. The quantitative estimate of drug-likeness (QED) is 0.0346. The van der Waals surface area contributed by atoms with Gasteiger partial charge in [-0.3, -0.25) is 4.79 Å². The number of nitrogens with one attached hydrogen (secondary N) is 1. The zero-order chi connectivity index (χ0) is 69.5. The highest BCUT2D eigenvalue weighted by Gasteiger charge is 2.57.